The third-order valence-electron chi connectivity index (χ3n) is 9.88. The van der Waals surface area contributed by atoms with Gasteiger partial charge in [0.25, 0.3) is 5.91 Å². The van der Waals surface area contributed by atoms with Gasteiger partial charge in [-0.1, -0.05) is 0 Å². The Bertz CT molecular complexity index is 2200. The Morgan fingerprint density at radius 1 is 1.00 bits per heavy atom. The number of amides is 3. The van der Waals surface area contributed by atoms with Gasteiger partial charge in [0, 0.05) is 70.8 Å². The van der Waals surface area contributed by atoms with Gasteiger partial charge in [0.05, 0.1) is 24.1 Å². The molecule has 2 aliphatic heterocycles. The lowest BCUT2D eigenvalue weighted by Gasteiger charge is -2.35. The molecule has 12 heteroatoms. The van der Waals surface area contributed by atoms with E-state index in [1.54, 1.807) is 55.7 Å². The minimum atomic E-state index is -0.485. The van der Waals surface area contributed by atoms with Gasteiger partial charge in [0.15, 0.2) is 5.76 Å². The number of aromatic nitrogens is 3. The number of piperidine rings is 1. The summed E-state index contributed by atoms with van der Waals surface area (Å²) in [6.45, 7) is 5.40. The number of rotatable bonds is 7. The van der Waals surface area contributed by atoms with E-state index in [1.165, 1.54) is 0 Å². The molecule has 4 heterocycles. The fourth-order valence-corrected chi connectivity index (χ4v) is 6.96. The van der Waals surface area contributed by atoms with Gasteiger partial charge in [-0.15, -0.1) is 0 Å². The Morgan fingerprint density at radius 2 is 1.71 bits per heavy atom. The first-order chi connectivity index (χ1) is 24.5. The number of urea groups is 1. The van der Waals surface area contributed by atoms with Crippen LogP contribution in [-0.2, 0) is 7.05 Å². The summed E-state index contributed by atoms with van der Waals surface area (Å²) in [5.74, 6) is 0.930. The molecule has 5 aromatic rings. The number of fused-ring (bicyclic) bond motifs is 2. The number of methoxy groups -OCH3 is 1. The summed E-state index contributed by atoms with van der Waals surface area (Å²) in [6.07, 6.45) is 3.65. The van der Waals surface area contributed by atoms with Gasteiger partial charge in [0.1, 0.15) is 11.5 Å². The van der Waals surface area contributed by atoms with Gasteiger partial charge in [-0.05, 0) is 108 Å². The maximum absolute atomic E-state index is 13.7. The quantitative estimate of drug-likeness (QED) is 0.164. The number of ether oxygens (including phenoxy) is 2. The van der Waals surface area contributed by atoms with Gasteiger partial charge in [-0.3, -0.25) is 14.3 Å². The van der Waals surface area contributed by atoms with Crippen molar-refractivity contribution in [2.24, 2.45) is 7.05 Å². The first-order valence-corrected chi connectivity index (χ1v) is 16.9. The number of aryl methyl sites for hydroxylation is 2. The zero-order chi connectivity index (χ0) is 36.0. The fraction of sp³-hybridized carbons (Fsp3) is 0.282. The molecule has 0 radical (unpaired) electrons. The van der Waals surface area contributed by atoms with E-state index in [1.807, 2.05) is 48.7 Å². The summed E-state index contributed by atoms with van der Waals surface area (Å²) < 4.78 is 13.4. The van der Waals surface area contributed by atoms with Crippen molar-refractivity contribution in [2.45, 2.75) is 32.7 Å². The molecule has 0 spiro atoms. The van der Waals surface area contributed by atoms with E-state index in [4.69, 9.17) is 9.47 Å². The molecule has 1 fully saturated rings. The number of hydrogen-bond acceptors (Lipinski definition) is 7. The largest absolute Gasteiger partial charge is 0.497 e. The van der Waals surface area contributed by atoms with E-state index in [0.717, 1.165) is 65.0 Å². The molecule has 2 aromatic heterocycles. The van der Waals surface area contributed by atoms with Gasteiger partial charge in [-0.2, -0.15) is 5.10 Å². The molecule has 2 aliphatic rings. The Morgan fingerprint density at radius 3 is 2.37 bits per heavy atom. The minimum absolute atomic E-state index is 0.00963. The highest BCUT2D eigenvalue weighted by Gasteiger charge is 2.30. The predicted molar refractivity (Wildman–Crippen MR) is 198 cm³/mol. The molecule has 0 unspecified atom stereocenters. The van der Waals surface area contributed by atoms with E-state index in [2.05, 4.69) is 39.7 Å². The lowest BCUT2D eigenvalue weighted by atomic mass is 10.0. The molecule has 1 saturated heterocycles. The molecule has 0 atom stereocenters. The average Bonchev–Trinajstić information content (AvgIpc) is 3.72. The van der Waals surface area contributed by atoms with Crippen molar-refractivity contribution < 1.29 is 23.9 Å². The second kappa shape index (κ2) is 13.4. The third-order valence-corrected chi connectivity index (χ3v) is 9.88. The highest BCUT2D eigenvalue weighted by molar-refractivity contribution is 6.16. The number of carbonyl (C=O) groups is 3. The van der Waals surface area contributed by atoms with Crippen LogP contribution in [0.3, 0.4) is 0 Å². The number of likely N-dealkylation sites (tertiary alicyclic amines) is 1. The highest BCUT2D eigenvalue weighted by Crippen LogP contribution is 2.40. The lowest BCUT2D eigenvalue weighted by molar-refractivity contribution is 0.0663. The number of allylic oxidation sites excluding steroid dienone is 1. The zero-order valence-electron chi connectivity index (χ0n) is 29.6. The Hall–Kier alpha value is -5.88. The molecule has 3 aromatic carbocycles. The molecular formula is C39H41N7O5. The van der Waals surface area contributed by atoms with Gasteiger partial charge in [-0.25, -0.2) is 4.79 Å². The maximum Gasteiger partial charge on any atom is 0.323 e. The van der Waals surface area contributed by atoms with Crippen molar-refractivity contribution in [1.82, 2.24) is 24.6 Å². The van der Waals surface area contributed by atoms with Crippen molar-refractivity contribution in [2.75, 3.05) is 44.9 Å². The van der Waals surface area contributed by atoms with E-state index in [9.17, 15) is 14.4 Å². The number of anilines is 2. The number of benzene rings is 3. The summed E-state index contributed by atoms with van der Waals surface area (Å²) >= 11 is 0. The van der Waals surface area contributed by atoms with Crippen LogP contribution < -0.4 is 20.1 Å². The van der Waals surface area contributed by atoms with Gasteiger partial charge in [0.2, 0.25) is 5.78 Å². The smallest absolute Gasteiger partial charge is 0.323 e. The number of ketones is 1. The second-order valence-electron chi connectivity index (χ2n) is 13.3. The molecule has 262 valence electrons. The van der Waals surface area contributed by atoms with Crippen molar-refractivity contribution in [3.63, 3.8) is 0 Å². The monoisotopic (exact) mass is 687 g/mol. The molecule has 3 amide bonds. The first kappa shape index (κ1) is 33.6. The second-order valence-corrected chi connectivity index (χ2v) is 13.3. The van der Waals surface area contributed by atoms with Crippen molar-refractivity contribution in [3.05, 3.63) is 94.5 Å². The molecule has 12 nitrogen and oxygen atoms in total. The lowest BCUT2D eigenvalue weighted by Crippen LogP contribution is -2.44. The van der Waals surface area contributed by atoms with Gasteiger partial charge >= 0.3 is 6.03 Å². The van der Waals surface area contributed by atoms with E-state index < -0.39 is 6.03 Å². The number of hydrogen-bond donors (Lipinski definition) is 3. The summed E-state index contributed by atoms with van der Waals surface area (Å²) in [4.78, 5) is 47.3. The normalized spacial score (nSPS) is 15.4. The van der Waals surface area contributed by atoms with Crippen LogP contribution in [0.1, 0.15) is 50.5 Å². The van der Waals surface area contributed by atoms with Crippen LogP contribution in [0.15, 0.2) is 66.4 Å². The Balaban J connectivity index is 1.06. The van der Waals surface area contributed by atoms with Crippen LogP contribution in [0.2, 0.25) is 0 Å². The number of Topliss-reactive ketones (excluding diaryl/α,β-unsaturated/α-hetero) is 1. The first-order valence-electron chi connectivity index (χ1n) is 16.9. The van der Waals surface area contributed by atoms with E-state index >= 15 is 0 Å². The standard InChI is InChI=1S/C39H41N7O5/c1-22-35(23(2)45(5)43-22)36-30(29-20-28(50-6)12-13-32(29)42-36)21-34-37(47)31-19-26(11-14-33(31)51-34)41-39(49)40-25-9-7-24(8-10-25)38(48)46-17-15-27(16-18-46)44(3)4/h7-14,19-21,27,42H,15-18H2,1-6H3,(H2,40,41,49). The molecule has 51 heavy (non-hydrogen) atoms. The van der Waals surface area contributed by atoms with Crippen molar-refractivity contribution >= 4 is 46.1 Å². The fourth-order valence-electron chi connectivity index (χ4n) is 6.96. The molecule has 0 bridgehead atoms. The zero-order valence-corrected chi connectivity index (χ0v) is 29.6. The van der Waals surface area contributed by atoms with Crippen LogP contribution in [0.5, 0.6) is 11.5 Å². The topological polar surface area (TPSA) is 134 Å². The van der Waals surface area contributed by atoms with Crippen LogP contribution in [-0.4, -0.2) is 82.6 Å². The van der Waals surface area contributed by atoms with E-state index in [-0.39, 0.29) is 17.4 Å². The summed E-state index contributed by atoms with van der Waals surface area (Å²) in [7, 11) is 7.66. The number of aromatic amines is 1. The summed E-state index contributed by atoms with van der Waals surface area (Å²) in [6, 6.07) is 17.6. The summed E-state index contributed by atoms with van der Waals surface area (Å²) in [5.41, 5.74) is 7.12. The van der Waals surface area contributed by atoms with Crippen LogP contribution in [0.4, 0.5) is 16.2 Å². The SMILES string of the molecule is COc1ccc2[nH]c(-c3c(C)nn(C)c3C)c(C=C3Oc4ccc(NC(=O)Nc5ccc(C(=O)N6CCC(N(C)C)CC6)cc5)cc4C3=O)c2c1. The van der Waals surface area contributed by atoms with Crippen LogP contribution in [0.25, 0.3) is 28.2 Å². The molecule has 0 saturated carbocycles. The molecular weight excluding hydrogens is 646 g/mol. The van der Waals surface area contributed by atoms with Gasteiger partial charge < -0.3 is 34.9 Å². The maximum atomic E-state index is 13.7. The van der Waals surface area contributed by atoms with Crippen molar-refractivity contribution in [3.8, 4) is 22.8 Å². The molecule has 3 N–H and O–H groups in total. The van der Waals surface area contributed by atoms with Crippen LogP contribution in [0, 0.1) is 13.8 Å². The third kappa shape index (κ3) is 6.45. The minimum Gasteiger partial charge on any atom is -0.497 e. The number of nitrogens with zero attached hydrogens (tertiary/aromatic N) is 4. The van der Waals surface area contributed by atoms with Crippen LogP contribution >= 0.6 is 0 Å². The number of carbonyl (C=O) groups excluding carboxylic acids is 3. The van der Waals surface area contributed by atoms with E-state index in [0.29, 0.717) is 40.0 Å². The predicted octanol–water partition coefficient (Wildman–Crippen LogP) is 6.62. The number of H-pyrrole nitrogens is 1. The molecule has 0 aliphatic carbocycles. The Labute approximate surface area is 296 Å². The number of nitrogens with one attached hydrogen (secondary N) is 3. The Kier molecular flexibility index (Phi) is 8.86. The molecule has 7 rings (SSSR count). The average molecular weight is 688 g/mol. The van der Waals surface area contributed by atoms with Crippen molar-refractivity contribution in [1.29, 1.82) is 0 Å². The summed E-state index contributed by atoms with van der Waals surface area (Å²) in [5, 5.41) is 11.1. The highest BCUT2D eigenvalue weighted by atomic mass is 16.5.